The topological polar surface area (TPSA) is 101 Å². The molecule has 0 aliphatic carbocycles. The molecule has 78 valence electrons. The summed E-state index contributed by atoms with van der Waals surface area (Å²) in [5.74, 6) is -1.10. The third-order valence-electron chi connectivity index (χ3n) is 2.10. The first-order valence-corrected chi connectivity index (χ1v) is 4.39. The molecule has 6 heteroatoms. The maximum atomic E-state index is 11.4. The number of hydrogen-bond donors (Lipinski definition) is 3. The molecule has 6 nitrogen and oxygen atoms in total. The van der Waals surface area contributed by atoms with Crippen molar-refractivity contribution in [3.63, 3.8) is 0 Å². The second-order valence-corrected chi connectivity index (χ2v) is 3.29. The molecule has 1 unspecified atom stereocenters. The van der Waals surface area contributed by atoms with E-state index in [0.717, 1.165) is 0 Å². The third-order valence-corrected chi connectivity index (χ3v) is 2.10. The van der Waals surface area contributed by atoms with E-state index in [1.54, 1.807) is 0 Å². The zero-order valence-corrected chi connectivity index (χ0v) is 7.87. The average Bonchev–Trinajstić information content (AvgIpc) is 2.51. The average molecular weight is 199 g/mol. The van der Waals surface area contributed by atoms with Gasteiger partial charge in [0, 0.05) is 6.42 Å². The van der Waals surface area contributed by atoms with Crippen LogP contribution >= 0.6 is 0 Å². The maximum absolute atomic E-state index is 11.4. The maximum Gasteiger partial charge on any atom is 0.243 e. The Morgan fingerprint density at radius 1 is 1.64 bits per heavy atom. The monoisotopic (exact) mass is 199 g/mol. The number of carbonyl (C=O) groups excluding carboxylic acids is 3. The molecule has 0 saturated carbocycles. The molecule has 1 aliphatic rings. The predicted molar refractivity (Wildman–Crippen MR) is 48.0 cm³/mol. The minimum absolute atomic E-state index is 0.142. The van der Waals surface area contributed by atoms with Crippen LogP contribution < -0.4 is 16.4 Å². The van der Waals surface area contributed by atoms with Gasteiger partial charge in [-0.25, -0.2) is 0 Å². The molecule has 0 aromatic carbocycles. The van der Waals surface area contributed by atoms with Gasteiger partial charge in [-0.3, -0.25) is 14.4 Å². The Balaban J connectivity index is 2.42. The van der Waals surface area contributed by atoms with Gasteiger partial charge in [-0.2, -0.15) is 0 Å². The van der Waals surface area contributed by atoms with Crippen molar-refractivity contribution >= 4 is 17.7 Å². The first-order valence-electron chi connectivity index (χ1n) is 4.39. The van der Waals surface area contributed by atoms with Crippen LogP contribution in [0.4, 0.5) is 0 Å². The van der Waals surface area contributed by atoms with E-state index in [2.05, 4.69) is 10.6 Å². The first kappa shape index (κ1) is 10.5. The summed E-state index contributed by atoms with van der Waals surface area (Å²) in [6, 6.07) is -1.23. The van der Waals surface area contributed by atoms with E-state index in [0.29, 0.717) is 12.8 Å². The highest BCUT2D eigenvalue weighted by Gasteiger charge is 2.28. The van der Waals surface area contributed by atoms with E-state index in [1.807, 2.05) is 0 Å². The number of primary amides is 1. The first-order chi connectivity index (χ1) is 6.50. The molecule has 14 heavy (non-hydrogen) atoms. The van der Waals surface area contributed by atoms with Crippen LogP contribution in [0.1, 0.15) is 19.8 Å². The van der Waals surface area contributed by atoms with E-state index in [4.69, 9.17) is 5.73 Å². The highest BCUT2D eigenvalue weighted by atomic mass is 16.2. The van der Waals surface area contributed by atoms with Crippen LogP contribution in [0.2, 0.25) is 0 Å². The molecule has 0 aromatic rings. The SMILES string of the molecule is C[C@@H](NC(=O)C1CCC(=O)N1)C(N)=O. The van der Waals surface area contributed by atoms with Gasteiger partial charge in [-0.05, 0) is 13.3 Å². The van der Waals surface area contributed by atoms with Crippen molar-refractivity contribution in [3.8, 4) is 0 Å². The van der Waals surface area contributed by atoms with Gasteiger partial charge in [0.2, 0.25) is 17.7 Å². The molecule has 0 radical (unpaired) electrons. The lowest BCUT2D eigenvalue weighted by molar-refractivity contribution is -0.129. The predicted octanol–water partition coefficient (Wildman–Crippen LogP) is -1.74. The molecular weight excluding hydrogens is 186 g/mol. The summed E-state index contributed by atoms with van der Waals surface area (Å²) in [4.78, 5) is 32.8. The Morgan fingerprint density at radius 3 is 2.71 bits per heavy atom. The second-order valence-electron chi connectivity index (χ2n) is 3.29. The standard InChI is InChI=1S/C8H13N3O3/c1-4(7(9)13)10-8(14)5-2-3-6(12)11-5/h4-5H,2-3H2,1H3,(H2,9,13)(H,10,14)(H,11,12)/t4-,5?/m1/s1. The molecule has 1 rings (SSSR count). The van der Waals surface area contributed by atoms with Crippen LogP contribution in [0, 0.1) is 0 Å². The van der Waals surface area contributed by atoms with Gasteiger partial charge in [-0.1, -0.05) is 0 Å². The van der Waals surface area contributed by atoms with Crippen LogP contribution in [0.3, 0.4) is 0 Å². The quantitative estimate of drug-likeness (QED) is 0.502. The van der Waals surface area contributed by atoms with Crippen molar-refractivity contribution < 1.29 is 14.4 Å². The Kier molecular flexibility index (Phi) is 3.06. The smallest absolute Gasteiger partial charge is 0.243 e. The zero-order valence-electron chi connectivity index (χ0n) is 7.87. The molecule has 2 atom stereocenters. The molecule has 0 aromatic heterocycles. The molecule has 1 heterocycles. The van der Waals surface area contributed by atoms with Crippen molar-refractivity contribution in [1.29, 1.82) is 0 Å². The van der Waals surface area contributed by atoms with E-state index >= 15 is 0 Å². The largest absolute Gasteiger partial charge is 0.368 e. The zero-order chi connectivity index (χ0) is 10.7. The summed E-state index contributed by atoms with van der Waals surface area (Å²) in [6.07, 6.45) is 0.819. The number of amides is 3. The highest BCUT2D eigenvalue weighted by molar-refractivity contribution is 5.93. The van der Waals surface area contributed by atoms with Crippen molar-refractivity contribution in [2.45, 2.75) is 31.8 Å². The fourth-order valence-corrected chi connectivity index (χ4v) is 1.20. The van der Waals surface area contributed by atoms with Crippen LogP contribution in [0.5, 0.6) is 0 Å². The van der Waals surface area contributed by atoms with Crippen molar-refractivity contribution in [1.82, 2.24) is 10.6 Å². The molecule has 3 amide bonds. The van der Waals surface area contributed by atoms with Crippen LogP contribution in [-0.2, 0) is 14.4 Å². The fourth-order valence-electron chi connectivity index (χ4n) is 1.20. The van der Waals surface area contributed by atoms with Gasteiger partial charge < -0.3 is 16.4 Å². The lowest BCUT2D eigenvalue weighted by atomic mass is 10.2. The van der Waals surface area contributed by atoms with Gasteiger partial charge in [-0.15, -0.1) is 0 Å². The highest BCUT2D eigenvalue weighted by Crippen LogP contribution is 2.06. The van der Waals surface area contributed by atoms with E-state index < -0.39 is 18.0 Å². The van der Waals surface area contributed by atoms with E-state index in [1.165, 1.54) is 6.92 Å². The van der Waals surface area contributed by atoms with E-state index in [-0.39, 0.29) is 11.8 Å². The molecule has 1 fully saturated rings. The van der Waals surface area contributed by atoms with E-state index in [9.17, 15) is 14.4 Å². The molecule has 0 bridgehead atoms. The minimum Gasteiger partial charge on any atom is -0.368 e. The van der Waals surface area contributed by atoms with Crippen LogP contribution in [0.25, 0.3) is 0 Å². The van der Waals surface area contributed by atoms with Gasteiger partial charge in [0.15, 0.2) is 0 Å². The minimum atomic E-state index is -0.708. The van der Waals surface area contributed by atoms with Crippen molar-refractivity contribution in [2.75, 3.05) is 0 Å². The number of hydrogen-bond acceptors (Lipinski definition) is 3. The molecular formula is C8H13N3O3. The lowest BCUT2D eigenvalue weighted by Gasteiger charge is -2.14. The second kappa shape index (κ2) is 4.08. The summed E-state index contributed by atoms with van der Waals surface area (Å²) in [7, 11) is 0. The Labute approximate surface area is 81.2 Å². The summed E-state index contributed by atoms with van der Waals surface area (Å²) >= 11 is 0. The van der Waals surface area contributed by atoms with Crippen molar-refractivity contribution in [3.05, 3.63) is 0 Å². The van der Waals surface area contributed by atoms with Gasteiger partial charge in [0.1, 0.15) is 12.1 Å². The Bertz CT molecular complexity index is 277. The number of rotatable bonds is 3. The molecule has 1 saturated heterocycles. The third kappa shape index (κ3) is 2.45. The summed E-state index contributed by atoms with van der Waals surface area (Å²) in [5, 5.41) is 4.91. The van der Waals surface area contributed by atoms with Crippen LogP contribution in [-0.4, -0.2) is 29.8 Å². The van der Waals surface area contributed by atoms with Crippen molar-refractivity contribution in [2.24, 2.45) is 5.73 Å². The summed E-state index contributed by atoms with van der Waals surface area (Å²) in [6.45, 7) is 1.50. The Hall–Kier alpha value is -1.59. The Morgan fingerprint density at radius 2 is 2.29 bits per heavy atom. The van der Waals surface area contributed by atoms with Gasteiger partial charge in [0.05, 0.1) is 0 Å². The van der Waals surface area contributed by atoms with Gasteiger partial charge in [0.25, 0.3) is 0 Å². The van der Waals surface area contributed by atoms with Crippen LogP contribution in [0.15, 0.2) is 0 Å². The lowest BCUT2D eigenvalue weighted by Crippen LogP contribution is -2.49. The number of nitrogens with two attached hydrogens (primary N) is 1. The van der Waals surface area contributed by atoms with Gasteiger partial charge >= 0.3 is 0 Å². The summed E-state index contributed by atoms with van der Waals surface area (Å²) in [5.41, 5.74) is 4.97. The molecule has 4 N–H and O–H groups in total. The normalized spacial score (nSPS) is 22.6. The number of nitrogens with one attached hydrogen (secondary N) is 2. The summed E-state index contributed by atoms with van der Waals surface area (Å²) < 4.78 is 0. The fraction of sp³-hybridized carbons (Fsp3) is 0.625. The molecule has 0 spiro atoms. The molecule has 1 aliphatic heterocycles. The number of carbonyl (C=O) groups is 3.